The Bertz CT molecular complexity index is 1780. The number of rotatable bonds is 8. The monoisotopic (exact) mass is 551 g/mol. The van der Waals surface area contributed by atoms with Crippen LogP contribution in [0, 0.1) is 24.0 Å². The molecule has 206 valence electrons. The lowest BCUT2D eigenvalue weighted by atomic mass is 10.1. The van der Waals surface area contributed by atoms with Crippen LogP contribution in [0.15, 0.2) is 78.9 Å². The van der Waals surface area contributed by atoms with Gasteiger partial charge in [-0.05, 0) is 37.6 Å². The van der Waals surface area contributed by atoms with Crippen molar-refractivity contribution in [2.75, 3.05) is 19.0 Å². The van der Waals surface area contributed by atoms with Gasteiger partial charge in [-0.15, -0.1) is 0 Å². The van der Waals surface area contributed by atoms with Crippen LogP contribution in [-0.4, -0.2) is 45.3 Å². The minimum atomic E-state index is -0.724. The molecule has 0 radical (unpaired) electrons. The SMILES string of the molecule is COc1cc(NC(=O)COC(=O)c2cc(-c3ccccc3)nc3c2c(C)nn3-c2ccccc2)c(C)cc1[N+](=O)[O-]. The lowest BCUT2D eigenvalue weighted by molar-refractivity contribution is -0.385. The summed E-state index contributed by atoms with van der Waals surface area (Å²) < 4.78 is 12.2. The number of carbonyl (C=O) groups is 2. The Morgan fingerprint density at radius 2 is 1.68 bits per heavy atom. The van der Waals surface area contributed by atoms with Crippen LogP contribution in [0.1, 0.15) is 21.6 Å². The number of hydrogen-bond donors (Lipinski definition) is 1. The van der Waals surface area contributed by atoms with Crippen LogP contribution in [0.3, 0.4) is 0 Å². The van der Waals surface area contributed by atoms with Crippen LogP contribution in [0.5, 0.6) is 5.75 Å². The Labute approximate surface area is 234 Å². The highest BCUT2D eigenvalue weighted by molar-refractivity contribution is 6.06. The molecule has 2 aromatic heterocycles. The van der Waals surface area contributed by atoms with Crippen LogP contribution in [0.25, 0.3) is 28.0 Å². The number of amides is 1. The number of anilines is 1. The number of nitro benzene ring substituents is 1. The maximum Gasteiger partial charge on any atom is 0.339 e. The number of benzene rings is 3. The zero-order chi connectivity index (χ0) is 29.1. The molecule has 3 aromatic carbocycles. The van der Waals surface area contributed by atoms with Crippen molar-refractivity contribution in [1.82, 2.24) is 14.8 Å². The van der Waals surface area contributed by atoms with Gasteiger partial charge in [0.25, 0.3) is 5.91 Å². The number of carbonyl (C=O) groups excluding carboxylic acids is 2. The molecule has 0 spiro atoms. The van der Waals surface area contributed by atoms with Gasteiger partial charge in [-0.3, -0.25) is 14.9 Å². The van der Waals surface area contributed by atoms with E-state index in [4.69, 9.17) is 14.5 Å². The molecule has 0 bridgehead atoms. The first-order valence-corrected chi connectivity index (χ1v) is 12.6. The highest BCUT2D eigenvalue weighted by Gasteiger charge is 2.23. The third-order valence-corrected chi connectivity index (χ3v) is 6.43. The normalized spacial score (nSPS) is 10.8. The molecule has 0 saturated carbocycles. The van der Waals surface area contributed by atoms with Crippen LogP contribution >= 0.6 is 0 Å². The molecule has 5 rings (SSSR count). The van der Waals surface area contributed by atoms with Gasteiger partial charge in [0.15, 0.2) is 18.0 Å². The predicted octanol–water partition coefficient (Wildman–Crippen LogP) is 5.42. The first-order valence-electron chi connectivity index (χ1n) is 12.6. The van der Waals surface area contributed by atoms with Gasteiger partial charge < -0.3 is 14.8 Å². The van der Waals surface area contributed by atoms with Gasteiger partial charge in [0, 0.05) is 23.4 Å². The zero-order valence-electron chi connectivity index (χ0n) is 22.5. The Morgan fingerprint density at radius 3 is 2.34 bits per heavy atom. The van der Waals surface area contributed by atoms with Crippen molar-refractivity contribution in [3.63, 3.8) is 0 Å². The molecular weight excluding hydrogens is 526 g/mol. The molecule has 1 N–H and O–H groups in total. The minimum Gasteiger partial charge on any atom is -0.490 e. The van der Waals surface area contributed by atoms with Gasteiger partial charge in [-0.1, -0.05) is 48.5 Å². The first-order chi connectivity index (χ1) is 19.8. The number of para-hydroxylation sites is 1. The number of fused-ring (bicyclic) bond motifs is 1. The van der Waals surface area contributed by atoms with Crippen LogP contribution in [-0.2, 0) is 9.53 Å². The van der Waals surface area contributed by atoms with Crippen molar-refractivity contribution in [1.29, 1.82) is 0 Å². The van der Waals surface area contributed by atoms with Gasteiger partial charge in [-0.2, -0.15) is 5.10 Å². The van der Waals surface area contributed by atoms with Gasteiger partial charge >= 0.3 is 11.7 Å². The fourth-order valence-corrected chi connectivity index (χ4v) is 4.46. The number of ether oxygens (including phenoxy) is 2. The van der Waals surface area contributed by atoms with Gasteiger partial charge in [0.1, 0.15) is 0 Å². The number of pyridine rings is 1. The van der Waals surface area contributed by atoms with E-state index in [2.05, 4.69) is 10.4 Å². The second-order valence-electron chi connectivity index (χ2n) is 9.17. The summed E-state index contributed by atoms with van der Waals surface area (Å²) in [5.41, 5.74) is 3.89. The Kier molecular flexibility index (Phi) is 7.42. The van der Waals surface area contributed by atoms with Crippen LogP contribution < -0.4 is 10.1 Å². The van der Waals surface area contributed by atoms with Gasteiger partial charge in [-0.25, -0.2) is 14.5 Å². The zero-order valence-corrected chi connectivity index (χ0v) is 22.5. The molecule has 41 heavy (non-hydrogen) atoms. The Hall–Kier alpha value is -5.58. The van der Waals surface area contributed by atoms with E-state index in [0.717, 1.165) is 11.3 Å². The summed E-state index contributed by atoms with van der Waals surface area (Å²) in [6.45, 7) is 2.80. The minimum absolute atomic E-state index is 0.00795. The summed E-state index contributed by atoms with van der Waals surface area (Å²) in [6.07, 6.45) is 0. The van der Waals surface area contributed by atoms with Crippen molar-refractivity contribution in [3.8, 4) is 22.7 Å². The van der Waals surface area contributed by atoms with Crippen molar-refractivity contribution in [2.24, 2.45) is 0 Å². The molecule has 0 saturated heterocycles. The molecule has 0 atom stereocenters. The molecule has 0 aliphatic carbocycles. The molecule has 11 nitrogen and oxygen atoms in total. The van der Waals surface area contributed by atoms with Crippen molar-refractivity contribution < 1.29 is 24.0 Å². The molecule has 5 aromatic rings. The Balaban J connectivity index is 1.46. The van der Waals surface area contributed by atoms with E-state index in [1.807, 2.05) is 60.7 Å². The second kappa shape index (κ2) is 11.3. The highest BCUT2D eigenvalue weighted by Crippen LogP contribution is 2.33. The predicted molar refractivity (Wildman–Crippen MR) is 152 cm³/mol. The third-order valence-electron chi connectivity index (χ3n) is 6.43. The molecule has 2 heterocycles. The van der Waals surface area contributed by atoms with Gasteiger partial charge in [0.05, 0.1) is 40.1 Å². The van der Waals surface area contributed by atoms with Crippen molar-refractivity contribution in [2.45, 2.75) is 13.8 Å². The first kappa shape index (κ1) is 27.0. The second-order valence-corrected chi connectivity index (χ2v) is 9.17. The number of aryl methyl sites for hydroxylation is 2. The average molecular weight is 552 g/mol. The largest absolute Gasteiger partial charge is 0.490 e. The summed E-state index contributed by atoms with van der Waals surface area (Å²) >= 11 is 0. The smallest absolute Gasteiger partial charge is 0.339 e. The van der Waals surface area contributed by atoms with E-state index in [1.165, 1.54) is 19.2 Å². The van der Waals surface area contributed by atoms with E-state index in [9.17, 15) is 19.7 Å². The number of nitrogens with one attached hydrogen (secondary N) is 1. The summed E-state index contributed by atoms with van der Waals surface area (Å²) in [6, 6.07) is 23.1. The number of nitrogens with zero attached hydrogens (tertiary/aromatic N) is 4. The maximum absolute atomic E-state index is 13.4. The summed E-state index contributed by atoms with van der Waals surface area (Å²) in [7, 11) is 1.30. The number of methoxy groups -OCH3 is 1. The van der Waals surface area contributed by atoms with Crippen LogP contribution in [0.4, 0.5) is 11.4 Å². The molecule has 1 amide bonds. The van der Waals surface area contributed by atoms with E-state index in [1.54, 1.807) is 24.6 Å². The number of nitro groups is 1. The molecule has 0 aliphatic heterocycles. The van der Waals surface area contributed by atoms with E-state index >= 15 is 0 Å². The molecule has 0 fully saturated rings. The van der Waals surface area contributed by atoms with Crippen molar-refractivity contribution in [3.05, 3.63) is 106 Å². The van der Waals surface area contributed by atoms with Gasteiger partial charge in [0.2, 0.25) is 0 Å². The fraction of sp³-hybridized carbons (Fsp3) is 0.133. The number of aromatic nitrogens is 3. The molecule has 0 unspecified atom stereocenters. The summed E-state index contributed by atoms with van der Waals surface area (Å²) in [4.78, 5) is 41.7. The summed E-state index contributed by atoms with van der Waals surface area (Å²) in [5.74, 6) is -1.35. The summed E-state index contributed by atoms with van der Waals surface area (Å²) in [5, 5.41) is 19.0. The lowest BCUT2D eigenvalue weighted by Crippen LogP contribution is -2.21. The molecule has 0 aliphatic rings. The van der Waals surface area contributed by atoms with Crippen LogP contribution in [0.2, 0.25) is 0 Å². The highest BCUT2D eigenvalue weighted by atomic mass is 16.6. The third kappa shape index (κ3) is 5.46. The standard InChI is InChI=1S/C30H25N5O6/c1-18-14-25(35(38)39)26(40-3)16-23(18)31-27(36)17-41-30(37)22-15-24(20-10-6-4-7-11-20)32-29-28(22)19(2)33-34(29)21-12-8-5-9-13-21/h4-16H,17H2,1-3H3,(H,31,36). The quantitative estimate of drug-likeness (QED) is 0.153. The molecule has 11 heteroatoms. The molecular formula is C30H25N5O6. The van der Waals surface area contributed by atoms with E-state index in [0.29, 0.717) is 33.7 Å². The lowest BCUT2D eigenvalue weighted by Gasteiger charge is -2.12. The fourth-order valence-electron chi connectivity index (χ4n) is 4.46. The van der Waals surface area contributed by atoms with E-state index in [-0.39, 0.29) is 17.0 Å². The average Bonchev–Trinajstić information content (AvgIpc) is 3.33. The van der Waals surface area contributed by atoms with Crippen molar-refractivity contribution >= 4 is 34.3 Å². The van der Waals surface area contributed by atoms with E-state index < -0.39 is 23.4 Å². The number of esters is 1. The Morgan fingerprint density at radius 1 is 1.00 bits per heavy atom. The number of hydrogen-bond acceptors (Lipinski definition) is 8. The topological polar surface area (TPSA) is 138 Å². The maximum atomic E-state index is 13.4.